The maximum atomic E-state index is 12.9. The molecule has 12 nitrogen and oxygen atoms in total. The summed E-state index contributed by atoms with van der Waals surface area (Å²) in [6.45, 7) is 4.07. The second-order valence-corrected chi connectivity index (χ2v) is 20.8. The number of hydrogen-bond acceptors (Lipinski definition) is 11. The van der Waals surface area contributed by atoms with Crippen molar-refractivity contribution in [2.45, 2.75) is 262 Å². The van der Waals surface area contributed by atoms with E-state index in [0.29, 0.717) is 13.0 Å². The van der Waals surface area contributed by atoms with Crippen LogP contribution in [0.4, 0.5) is 0 Å². The van der Waals surface area contributed by atoms with Gasteiger partial charge in [0.2, 0.25) is 0 Å². The van der Waals surface area contributed by atoms with Gasteiger partial charge < -0.3 is 39.9 Å². The van der Waals surface area contributed by atoms with Crippen molar-refractivity contribution in [3.63, 3.8) is 0 Å². The molecule has 1 fully saturated rings. The van der Waals surface area contributed by atoms with Crippen molar-refractivity contribution in [3.05, 3.63) is 85.1 Å². The lowest BCUT2D eigenvalue weighted by atomic mass is 9.85. The van der Waals surface area contributed by atoms with Gasteiger partial charge in [0.15, 0.2) is 0 Å². The Morgan fingerprint density at radius 2 is 0.819 bits per heavy atom. The number of esters is 1. The second-order valence-electron chi connectivity index (χ2n) is 19.4. The van der Waals surface area contributed by atoms with Gasteiger partial charge in [0, 0.05) is 13.0 Å². The molecule has 72 heavy (non-hydrogen) atoms. The molecule has 6 N–H and O–H groups in total. The molecule has 0 saturated heterocycles. The zero-order chi connectivity index (χ0) is 52.6. The SMILES string of the molecule is CC/C=C\C/C=C\C/C=C\C/C=C\C/C=C\C/C=C\C/C=C\CCCCOCC(COP(=O)(O)OC1C(O)C(O)C(O)C(O)C1O)OC(=O)CCCCCCCCCCCCCCCCCCCCCCC. The summed E-state index contributed by atoms with van der Waals surface area (Å²) < 4.78 is 34.3. The van der Waals surface area contributed by atoms with E-state index in [2.05, 4.69) is 98.9 Å². The van der Waals surface area contributed by atoms with E-state index < -0.39 is 63.1 Å². The first-order valence-electron chi connectivity index (χ1n) is 28.4. The third-order valence-corrected chi connectivity index (χ3v) is 13.8. The predicted octanol–water partition coefficient (Wildman–Crippen LogP) is 13.7. The number of aliphatic hydroxyl groups excluding tert-OH is 5. The molecular weight excluding hydrogens is 932 g/mol. The number of phosphoric acid groups is 1. The molecule has 0 bridgehead atoms. The highest BCUT2D eigenvalue weighted by Gasteiger charge is 2.51. The highest BCUT2D eigenvalue weighted by Crippen LogP contribution is 2.47. The number of carbonyl (C=O) groups excluding carboxylic acids is 1. The van der Waals surface area contributed by atoms with Gasteiger partial charge in [-0.2, -0.15) is 0 Å². The van der Waals surface area contributed by atoms with Crippen LogP contribution in [-0.2, 0) is 27.9 Å². The third-order valence-electron chi connectivity index (χ3n) is 12.8. The van der Waals surface area contributed by atoms with E-state index in [1.165, 1.54) is 109 Å². The van der Waals surface area contributed by atoms with Gasteiger partial charge in [0.05, 0.1) is 13.2 Å². The third kappa shape index (κ3) is 39.0. The Morgan fingerprint density at radius 3 is 1.22 bits per heavy atom. The van der Waals surface area contributed by atoms with Crippen LogP contribution in [0.2, 0.25) is 0 Å². The molecule has 0 spiro atoms. The van der Waals surface area contributed by atoms with E-state index in [9.17, 15) is 39.8 Å². The van der Waals surface area contributed by atoms with Crippen molar-refractivity contribution in [1.82, 2.24) is 0 Å². The number of allylic oxidation sites excluding steroid dienone is 14. The molecule has 1 aliphatic rings. The van der Waals surface area contributed by atoms with E-state index in [-0.39, 0.29) is 13.0 Å². The van der Waals surface area contributed by atoms with Crippen LogP contribution in [0.25, 0.3) is 0 Å². The molecule has 0 radical (unpaired) electrons. The molecule has 1 rings (SSSR count). The Morgan fingerprint density at radius 1 is 0.458 bits per heavy atom. The van der Waals surface area contributed by atoms with Crippen LogP contribution in [0.5, 0.6) is 0 Å². The van der Waals surface area contributed by atoms with Gasteiger partial charge in [-0.15, -0.1) is 0 Å². The summed E-state index contributed by atoms with van der Waals surface area (Å²) in [5, 5.41) is 50.4. The molecule has 0 aliphatic heterocycles. The van der Waals surface area contributed by atoms with Crippen molar-refractivity contribution in [1.29, 1.82) is 0 Å². The Hall–Kier alpha value is -2.48. The van der Waals surface area contributed by atoms with Crippen LogP contribution in [0.3, 0.4) is 0 Å². The average molecular weight is 1040 g/mol. The zero-order valence-corrected chi connectivity index (χ0v) is 45.8. The number of carbonyl (C=O) groups is 1. The molecule has 6 unspecified atom stereocenters. The van der Waals surface area contributed by atoms with Crippen LogP contribution < -0.4 is 0 Å². The van der Waals surface area contributed by atoms with Crippen molar-refractivity contribution in [2.75, 3.05) is 19.8 Å². The van der Waals surface area contributed by atoms with E-state index >= 15 is 0 Å². The van der Waals surface area contributed by atoms with Gasteiger partial charge in [0.1, 0.15) is 42.7 Å². The Labute approximate surface area is 437 Å². The van der Waals surface area contributed by atoms with Gasteiger partial charge in [-0.1, -0.05) is 227 Å². The number of aliphatic hydroxyl groups is 5. The molecule has 0 aromatic rings. The minimum atomic E-state index is -5.04. The Kier molecular flexibility index (Phi) is 45.2. The van der Waals surface area contributed by atoms with Crippen molar-refractivity contribution in [2.24, 2.45) is 0 Å². The number of hydrogen-bond donors (Lipinski definition) is 6. The quantitative estimate of drug-likeness (QED) is 0.0146. The van der Waals surface area contributed by atoms with E-state index in [1.54, 1.807) is 0 Å². The normalized spacial score (nSPS) is 21.3. The topological polar surface area (TPSA) is 192 Å². The van der Waals surface area contributed by atoms with E-state index in [0.717, 1.165) is 83.5 Å². The lowest BCUT2D eigenvalue weighted by molar-refractivity contribution is -0.220. The lowest BCUT2D eigenvalue weighted by Crippen LogP contribution is -2.64. The van der Waals surface area contributed by atoms with Gasteiger partial charge >= 0.3 is 13.8 Å². The number of unbranched alkanes of at least 4 members (excludes halogenated alkanes) is 22. The van der Waals surface area contributed by atoms with E-state index in [4.69, 9.17) is 18.5 Å². The largest absolute Gasteiger partial charge is 0.472 e. The number of ether oxygens (including phenoxy) is 2. The lowest BCUT2D eigenvalue weighted by Gasteiger charge is -2.41. The summed E-state index contributed by atoms with van der Waals surface area (Å²) in [4.78, 5) is 23.3. The summed E-state index contributed by atoms with van der Waals surface area (Å²) in [7, 11) is -5.04. The molecular formula is C59H103O12P. The summed E-state index contributed by atoms with van der Waals surface area (Å²) in [5.74, 6) is -0.492. The standard InChI is InChI=1S/C59H103O12P/c1-3-5-7-9-11-13-15-17-19-21-23-25-26-27-29-31-33-35-37-39-41-43-45-47-49-68-50-52(51-69-72(66,67)71-59-57(64)55(62)54(61)56(63)58(59)65)70-53(60)48-46-44-42-40-38-36-34-32-30-28-24-22-20-18-16-14-12-10-8-6-4-2/h5,7,11,13,17,19,23,25,27,29,33,35,39,41,52,54-59,61-65H,3-4,6,8-10,12,14-16,18,20-22,24,26,28,30-32,34,36-38,40,42-51H2,1-2H3,(H,66,67)/b7-5-,13-11-,19-17-,25-23-,29-27-,35-33-,41-39-. The molecule has 1 aliphatic carbocycles. The molecule has 0 heterocycles. The zero-order valence-electron chi connectivity index (χ0n) is 45.0. The first-order valence-corrected chi connectivity index (χ1v) is 29.9. The maximum Gasteiger partial charge on any atom is 0.472 e. The van der Waals surface area contributed by atoms with Crippen molar-refractivity contribution in [3.8, 4) is 0 Å². The first-order chi connectivity index (χ1) is 35.0. The molecule has 13 heteroatoms. The molecule has 1 saturated carbocycles. The Balaban J connectivity index is 2.34. The van der Waals surface area contributed by atoms with Crippen LogP contribution >= 0.6 is 7.82 Å². The fourth-order valence-electron chi connectivity index (χ4n) is 8.34. The maximum absolute atomic E-state index is 12.9. The van der Waals surface area contributed by atoms with Gasteiger partial charge in [-0.25, -0.2) is 4.57 Å². The predicted molar refractivity (Wildman–Crippen MR) is 294 cm³/mol. The van der Waals surface area contributed by atoms with Gasteiger partial charge in [-0.3, -0.25) is 13.8 Å². The summed E-state index contributed by atoms with van der Waals surface area (Å²) in [6, 6.07) is 0. The fraction of sp³-hybridized carbons (Fsp3) is 0.746. The van der Waals surface area contributed by atoms with E-state index in [1.807, 2.05) is 0 Å². The highest BCUT2D eigenvalue weighted by atomic mass is 31.2. The molecule has 0 aromatic heterocycles. The molecule has 0 amide bonds. The monoisotopic (exact) mass is 1030 g/mol. The van der Waals surface area contributed by atoms with Gasteiger partial charge in [0.25, 0.3) is 0 Å². The van der Waals surface area contributed by atoms with Crippen LogP contribution in [0, 0.1) is 0 Å². The first kappa shape index (κ1) is 67.5. The Bertz CT molecular complexity index is 1510. The smallest absolute Gasteiger partial charge is 0.457 e. The molecule has 0 aromatic carbocycles. The van der Waals surface area contributed by atoms with Crippen molar-refractivity contribution >= 4 is 13.8 Å². The minimum Gasteiger partial charge on any atom is -0.457 e. The van der Waals surface area contributed by atoms with Crippen LogP contribution in [-0.4, -0.2) is 98.9 Å². The second kappa shape index (κ2) is 48.2. The molecule has 416 valence electrons. The van der Waals surface area contributed by atoms with Crippen molar-refractivity contribution < 1.29 is 58.3 Å². The fourth-order valence-corrected chi connectivity index (χ4v) is 9.31. The summed E-state index contributed by atoms with van der Waals surface area (Å²) in [5.41, 5.74) is 0. The summed E-state index contributed by atoms with van der Waals surface area (Å²) >= 11 is 0. The molecule has 6 atom stereocenters. The average Bonchev–Trinajstić information content (AvgIpc) is 3.37. The van der Waals surface area contributed by atoms with Gasteiger partial charge in [-0.05, 0) is 70.6 Å². The van der Waals surface area contributed by atoms with Crippen LogP contribution in [0.1, 0.15) is 219 Å². The van der Waals surface area contributed by atoms with Crippen LogP contribution in [0.15, 0.2) is 85.1 Å². The summed E-state index contributed by atoms with van der Waals surface area (Å²) in [6.07, 6.45) is 53.7. The number of rotatable bonds is 48. The minimum absolute atomic E-state index is 0.109. The highest BCUT2D eigenvalue weighted by molar-refractivity contribution is 7.47. The number of phosphoric ester groups is 1.